The summed E-state index contributed by atoms with van der Waals surface area (Å²) in [5.41, 5.74) is 4.44. The van der Waals surface area contributed by atoms with Crippen molar-refractivity contribution in [3.8, 4) is 6.07 Å². The van der Waals surface area contributed by atoms with Gasteiger partial charge in [0.05, 0.1) is 6.07 Å². The third kappa shape index (κ3) is 8.86. The molecule has 140 valence electrons. The van der Waals surface area contributed by atoms with Crippen molar-refractivity contribution < 1.29 is 0 Å². The van der Waals surface area contributed by atoms with Crippen LogP contribution in [0.15, 0.2) is 54.6 Å². The van der Waals surface area contributed by atoms with Crippen LogP contribution >= 0.6 is 0 Å². The zero-order valence-electron chi connectivity index (χ0n) is 17.0. The van der Waals surface area contributed by atoms with Crippen molar-refractivity contribution in [1.29, 1.82) is 5.26 Å². The quantitative estimate of drug-likeness (QED) is 0.435. The number of hydrogen-bond donors (Lipinski definition) is 0. The van der Waals surface area contributed by atoms with Crippen LogP contribution in [0, 0.1) is 17.2 Å². The van der Waals surface area contributed by atoms with Gasteiger partial charge in [-0.25, -0.2) is 0 Å². The van der Waals surface area contributed by atoms with Gasteiger partial charge in [0.25, 0.3) is 0 Å². The summed E-state index contributed by atoms with van der Waals surface area (Å²) in [6.45, 7) is 8.44. The number of benzene rings is 2. The molecule has 0 aromatic heterocycles. The highest BCUT2D eigenvalue weighted by Gasteiger charge is 2.09. The molecular weight excluding hydrogens is 314 g/mol. The second-order valence-electron chi connectivity index (χ2n) is 7.31. The van der Waals surface area contributed by atoms with E-state index in [4.69, 9.17) is 5.26 Å². The molecule has 2 aromatic carbocycles. The Kier molecular flexibility index (Phi) is 11.1. The maximum atomic E-state index is 7.32. The molecule has 0 N–H and O–H groups in total. The van der Waals surface area contributed by atoms with E-state index >= 15 is 0 Å². The second kappa shape index (κ2) is 13.2. The van der Waals surface area contributed by atoms with Gasteiger partial charge in [-0.3, -0.25) is 0 Å². The predicted octanol–water partition coefficient (Wildman–Crippen LogP) is 7.32. The standard InChI is InChI=1S/C23H32.C2H3N/c1-4-19(2)18-20(3)23-16-14-22(15-17-23)13-9-8-12-21-10-6-5-7-11-21;1-2-3/h5-7,10-11,14-17,19-20H,4,8-9,12-13,18H2,1-3H3;1H3. The lowest BCUT2D eigenvalue weighted by Gasteiger charge is -2.16. The van der Waals surface area contributed by atoms with E-state index in [1.807, 2.05) is 0 Å². The summed E-state index contributed by atoms with van der Waals surface area (Å²) < 4.78 is 0. The van der Waals surface area contributed by atoms with Crippen molar-refractivity contribution in [1.82, 2.24) is 0 Å². The third-order valence-electron chi connectivity index (χ3n) is 5.03. The topological polar surface area (TPSA) is 23.8 Å². The van der Waals surface area contributed by atoms with E-state index in [1.54, 1.807) is 6.07 Å². The Labute approximate surface area is 161 Å². The lowest BCUT2D eigenvalue weighted by Crippen LogP contribution is -2.01. The monoisotopic (exact) mass is 349 g/mol. The van der Waals surface area contributed by atoms with Crippen molar-refractivity contribution in [2.45, 2.75) is 72.1 Å². The maximum Gasteiger partial charge on any atom is 0.0587 e. The molecule has 26 heavy (non-hydrogen) atoms. The van der Waals surface area contributed by atoms with Crippen molar-refractivity contribution in [3.05, 3.63) is 71.3 Å². The normalized spacial score (nSPS) is 12.4. The summed E-state index contributed by atoms with van der Waals surface area (Å²) in [7, 11) is 0. The molecule has 0 spiro atoms. The molecule has 2 rings (SSSR count). The molecular formula is C25H35N. The van der Waals surface area contributed by atoms with Crippen molar-refractivity contribution >= 4 is 0 Å². The summed E-state index contributed by atoms with van der Waals surface area (Å²) in [5.74, 6) is 1.50. The van der Waals surface area contributed by atoms with E-state index in [2.05, 4.69) is 75.4 Å². The van der Waals surface area contributed by atoms with Crippen LogP contribution in [0.2, 0.25) is 0 Å². The Balaban J connectivity index is 0.00000105. The SMILES string of the molecule is CC#N.CCC(C)CC(C)c1ccc(CCCCc2ccccc2)cc1. The fourth-order valence-electron chi connectivity index (χ4n) is 3.22. The molecule has 0 aliphatic heterocycles. The number of aryl methyl sites for hydroxylation is 2. The summed E-state index contributed by atoms with van der Waals surface area (Å²) in [6, 6.07) is 21.9. The first-order chi connectivity index (χ1) is 12.6. The molecule has 2 atom stereocenters. The Morgan fingerprint density at radius 2 is 1.35 bits per heavy atom. The first-order valence-corrected chi connectivity index (χ1v) is 10.0. The van der Waals surface area contributed by atoms with Gasteiger partial charge >= 0.3 is 0 Å². The molecule has 0 saturated heterocycles. The minimum absolute atomic E-state index is 0.678. The van der Waals surface area contributed by atoms with E-state index in [1.165, 1.54) is 62.1 Å². The minimum Gasteiger partial charge on any atom is -0.199 e. The van der Waals surface area contributed by atoms with Gasteiger partial charge in [0.2, 0.25) is 0 Å². The van der Waals surface area contributed by atoms with E-state index in [0.29, 0.717) is 5.92 Å². The molecule has 0 heterocycles. The van der Waals surface area contributed by atoms with Gasteiger partial charge in [0.1, 0.15) is 0 Å². The van der Waals surface area contributed by atoms with Crippen LogP contribution in [0.25, 0.3) is 0 Å². The largest absolute Gasteiger partial charge is 0.199 e. The van der Waals surface area contributed by atoms with Crippen LogP contribution in [0.3, 0.4) is 0 Å². The Hall–Kier alpha value is -2.07. The maximum absolute atomic E-state index is 7.32. The first-order valence-electron chi connectivity index (χ1n) is 10.0. The Morgan fingerprint density at radius 3 is 1.85 bits per heavy atom. The molecule has 0 amide bonds. The number of nitrogens with zero attached hydrogens (tertiary/aromatic N) is 1. The highest BCUT2D eigenvalue weighted by atomic mass is 14.2. The molecule has 0 fully saturated rings. The lowest BCUT2D eigenvalue weighted by molar-refractivity contribution is 0.471. The Morgan fingerprint density at radius 1 is 0.846 bits per heavy atom. The van der Waals surface area contributed by atoms with E-state index in [-0.39, 0.29) is 0 Å². The molecule has 0 saturated carbocycles. The van der Waals surface area contributed by atoms with Crippen molar-refractivity contribution in [2.24, 2.45) is 5.92 Å². The average molecular weight is 350 g/mol. The van der Waals surface area contributed by atoms with Gasteiger partial charge in [-0.2, -0.15) is 5.26 Å². The predicted molar refractivity (Wildman–Crippen MR) is 113 cm³/mol. The second-order valence-corrected chi connectivity index (χ2v) is 7.31. The number of hydrogen-bond acceptors (Lipinski definition) is 1. The van der Waals surface area contributed by atoms with Gasteiger partial charge in [-0.05, 0) is 60.6 Å². The smallest absolute Gasteiger partial charge is 0.0587 e. The van der Waals surface area contributed by atoms with Gasteiger partial charge in [-0.15, -0.1) is 0 Å². The fraction of sp³-hybridized carbons (Fsp3) is 0.480. The van der Waals surface area contributed by atoms with Crippen LogP contribution in [-0.4, -0.2) is 0 Å². The molecule has 0 aliphatic rings. The summed E-state index contributed by atoms with van der Waals surface area (Å²) in [4.78, 5) is 0. The molecule has 1 heteroatoms. The zero-order chi connectivity index (χ0) is 19.2. The van der Waals surface area contributed by atoms with Gasteiger partial charge in [0.15, 0.2) is 0 Å². The van der Waals surface area contributed by atoms with Gasteiger partial charge in [-0.1, -0.05) is 81.8 Å². The average Bonchev–Trinajstić information content (AvgIpc) is 2.67. The summed E-state index contributed by atoms with van der Waals surface area (Å²) in [5, 5.41) is 7.32. The third-order valence-corrected chi connectivity index (χ3v) is 5.03. The molecule has 0 aliphatic carbocycles. The summed E-state index contributed by atoms with van der Waals surface area (Å²) in [6.07, 6.45) is 7.53. The molecule has 1 nitrogen and oxygen atoms in total. The van der Waals surface area contributed by atoms with E-state index in [0.717, 1.165) is 5.92 Å². The highest BCUT2D eigenvalue weighted by Crippen LogP contribution is 2.25. The summed E-state index contributed by atoms with van der Waals surface area (Å²) >= 11 is 0. The molecule has 2 aromatic rings. The van der Waals surface area contributed by atoms with E-state index in [9.17, 15) is 0 Å². The van der Waals surface area contributed by atoms with Crippen molar-refractivity contribution in [3.63, 3.8) is 0 Å². The lowest BCUT2D eigenvalue weighted by atomic mass is 9.89. The van der Waals surface area contributed by atoms with E-state index < -0.39 is 0 Å². The minimum atomic E-state index is 0.678. The fourth-order valence-corrected chi connectivity index (χ4v) is 3.22. The van der Waals surface area contributed by atoms with Crippen LogP contribution in [0.4, 0.5) is 0 Å². The molecule has 0 bridgehead atoms. The van der Waals surface area contributed by atoms with Crippen LogP contribution in [0.5, 0.6) is 0 Å². The molecule has 0 radical (unpaired) electrons. The van der Waals surface area contributed by atoms with Gasteiger partial charge < -0.3 is 0 Å². The van der Waals surface area contributed by atoms with Crippen molar-refractivity contribution in [2.75, 3.05) is 0 Å². The zero-order valence-corrected chi connectivity index (χ0v) is 17.0. The number of rotatable bonds is 9. The first kappa shape index (κ1) is 22.0. The van der Waals surface area contributed by atoms with Crippen LogP contribution in [-0.2, 0) is 12.8 Å². The highest BCUT2D eigenvalue weighted by molar-refractivity contribution is 5.25. The van der Waals surface area contributed by atoms with Crippen LogP contribution in [0.1, 0.15) is 76.0 Å². The Bertz CT molecular complexity index is 621. The molecule has 2 unspecified atom stereocenters. The van der Waals surface area contributed by atoms with Crippen LogP contribution < -0.4 is 0 Å². The van der Waals surface area contributed by atoms with Gasteiger partial charge in [0, 0.05) is 6.92 Å². The number of unbranched alkanes of at least 4 members (excludes halogenated alkanes) is 1. The number of nitriles is 1.